The van der Waals surface area contributed by atoms with Gasteiger partial charge in [0, 0.05) is 11.6 Å². The molecule has 0 radical (unpaired) electrons. The van der Waals surface area contributed by atoms with E-state index in [-0.39, 0.29) is 12.0 Å². The molecule has 0 bridgehead atoms. The highest BCUT2D eigenvalue weighted by molar-refractivity contribution is 5.48. The topological polar surface area (TPSA) is 46.2 Å². The second kappa shape index (κ2) is 2.49. The highest BCUT2D eigenvalue weighted by atomic mass is 16.3. The maximum absolute atomic E-state index is 9.57. The van der Waals surface area contributed by atoms with Gasteiger partial charge in [0.25, 0.3) is 0 Å². The summed E-state index contributed by atoms with van der Waals surface area (Å²) >= 11 is 0. The molecule has 0 heterocycles. The van der Waals surface area contributed by atoms with E-state index in [2.05, 4.69) is 0 Å². The van der Waals surface area contributed by atoms with Crippen LogP contribution < -0.4 is 5.73 Å². The van der Waals surface area contributed by atoms with Crippen molar-refractivity contribution >= 4 is 5.69 Å². The number of nitrogen functional groups attached to an aromatic ring is 1. The molecule has 1 aromatic carbocycles. The van der Waals surface area contributed by atoms with Gasteiger partial charge < -0.3 is 10.8 Å². The number of nitrogens with two attached hydrogens (primary N) is 1. The quantitative estimate of drug-likeness (QED) is 0.566. The largest absolute Gasteiger partial charge is 0.399 e. The van der Waals surface area contributed by atoms with Gasteiger partial charge in [-0.15, -0.1) is 0 Å². The lowest BCUT2D eigenvalue weighted by Gasteiger charge is -2.08. The van der Waals surface area contributed by atoms with Gasteiger partial charge in [0.1, 0.15) is 0 Å². The van der Waals surface area contributed by atoms with Crippen LogP contribution in [0.4, 0.5) is 5.69 Å². The van der Waals surface area contributed by atoms with Gasteiger partial charge in [0.05, 0.1) is 6.10 Å². The van der Waals surface area contributed by atoms with E-state index in [9.17, 15) is 5.11 Å². The zero-order chi connectivity index (χ0) is 8.72. The zero-order valence-corrected chi connectivity index (χ0v) is 7.12. The summed E-state index contributed by atoms with van der Waals surface area (Å²) in [5, 5.41) is 9.57. The number of anilines is 1. The third-order valence-corrected chi connectivity index (χ3v) is 2.67. The van der Waals surface area contributed by atoms with Gasteiger partial charge in [-0.2, -0.15) is 0 Å². The molecule has 0 aliphatic heterocycles. The van der Waals surface area contributed by atoms with Gasteiger partial charge in [-0.05, 0) is 29.7 Å². The first-order chi connectivity index (χ1) is 5.68. The second-order valence-corrected chi connectivity index (χ2v) is 3.52. The molecule has 2 unspecified atom stereocenters. The van der Waals surface area contributed by atoms with E-state index in [1.165, 1.54) is 11.1 Å². The summed E-state index contributed by atoms with van der Waals surface area (Å²) in [4.78, 5) is 0. The number of aliphatic hydroxyl groups is 1. The highest BCUT2D eigenvalue weighted by Crippen LogP contribution is 2.33. The first-order valence-corrected chi connectivity index (χ1v) is 4.25. The average molecular weight is 163 g/mol. The summed E-state index contributed by atoms with van der Waals surface area (Å²) in [6.07, 6.45) is 0.554. The Kier molecular flexibility index (Phi) is 1.58. The van der Waals surface area contributed by atoms with Crippen LogP contribution in [0.25, 0.3) is 0 Å². The Hall–Kier alpha value is -1.02. The molecule has 1 aliphatic rings. The van der Waals surface area contributed by atoms with E-state index >= 15 is 0 Å². The lowest BCUT2D eigenvalue weighted by Crippen LogP contribution is -2.09. The molecule has 0 fully saturated rings. The van der Waals surface area contributed by atoms with Crippen molar-refractivity contribution in [2.24, 2.45) is 0 Å². The van der Waals surface area contributed by atoms with E-state index in [1.807, 2.05) is 25.1 Å². The second-order valence-electron chi connectivity index (χ2n) is 3.52. The van der Waals surface area contributed by atoms with Crippen LogP contribution in [-0.4, -0.2) is 11.2 Å². The van der Waals surface area contributed by atoms with Gasteiger partial charge in [-0.1, -0.05) is 13.0 Å². The van der Waals surface area contributed by atoms with Crippen LogP contribution in [0.3, 0.4) is 0 Å². The third kappa shape index (κ3) is 0.994. The fourth-order valence-electron chi connectivity index (χ4n) is 1.83. The summed E-state index contributed by atoms with van der Waals surface area (Å²) in [5.74, 6) is 0.239. The van der Waals surface area contributed by atoms with Crippen LogP contribution in [-0.2, 0) is 6.42 Å². The molecule has 0 amide bonds. The van der Waals surface area contributed by atoms with Gasteiger partial charge >= 0.3 is 0 Å². The van der Waals surface area contributed by atoms with Crippen LogP contribution >= 0.6 is 0 Å². The molecule has 1 aromatic rings. The Labute approximate surface area is 72.0 Å². The predicted molar refractivity (Wildman–Crippen MR) is 49.0 cm³/mol. The molecular formula is C10H13NO. The monoisotopic (exact) mass is 163 g/mol. The van der Waals surface area contributed by atoms with Crippen molar-refractivity contribution in [1.29, 1.82) is 0 Å². The number of hydrogen-bond acceptors (Lipinski definition) is 2. The number of hydrogen-bond donors (Lipinski definition) is 2. The summed E-state index contributed by atoms with van der Waals surface area (Å²) in [5.41, 5.74) is 8.89. The standard InChI is InChI=1S/C10H13NO/c1-6-9-5-8(11)3-2-7(9)4-10(6)12/h2-3,5-6,10,12H,4,11H2,1H3. The third-order valence-electron chi connectivity index (χ3n) is 2.67. The zero-order valence-electron chi connectivity index (χ0n) is 7.12. The van der Waals surface area contributed by atoms with Gasteiger partial charge in [-0.3, -0.25) is 0 Å². The number of aliphatic hydroxyl groups excluding tert-OH is 1. The fourth-order valence-corrected chi connectivity index (χ4v) is 1.83. The van der Waals surface area contributed by atoms with Crippen molar-refractivity contribution in [1.82, 2.24) is 0 Å². The molecule has 2 atom stereocenters. The SMILES string of the molecule is CC1c2cc(N)ccc2CC1O. The van der Waals surface area contributed by atoms with Gasteiger partial charge in [-0.25, -0.2) is 0 Å². The molecule has 2 nitrogen and oxygen atoms in total. The Morgan fingerprint density at radius 3 is 3.00 bits per heavy atom. The molecule has 12 heavy (non-hydrogen) atoms. The molecule has 2 heteroatoms. The summed E-state index contributed by atoms with van der Waals surface area (Å²) in [6.45, 7) is 2.04. The van der Waals surface area contributed by atoms with Crippen molar-refractivity contribution in [2.45, 2.75) is 25.4 Å². The smallest absolute Gasteiger partial charge is 0.0646 e. The van der Waals surface area contributed by atoms with Crippen LogP contribution in [0.1, 0.15) is 24.0 Å². The summed E-state index contributed by atoms with van der Waals surface area (Å²) < 4.78 is 0. The van der Waals surface area contributed by atoms with Crippen molar-refractivity contribution < 1.29 is 5.11 Å². The van der Waals surface area contributed by atoms with Crippen molar-refractivity contribution in [3.63, 3.8) is 0 Å². The molecular weight excluding hydrogens is 150 g/mol. The Balaban J connectivity index is 2.48. The van der Waals surface area contributed by atoms with Gasteiger partial charge in [0.15, 0.2) is 0 Å². The summed E-state index contributed by atoms with van der Waals surface area (Å²) in [7, 11) is 0. The van der Waals surface area contributed by atoms with Crippen LogP contribution in [0.2, 0.25) is 0 Å². The van der Waals surface area contributed by atoms with E-state index < -0.39 is 0 Å². The minimum absolute atomic E-state index is 0.221. The maximum atomic E-state index is 9.57. The Morgan fingerprint density at radius 1 is 1.50 bits per heavy atom. The fraction of sp³-hybridized carbons (Fsp3) is 0.400. The molecule has 1 aliphatic carbocycles. The van der Waals surface area contributed by atoms with Gasteiger partial charge in [0.2, 0.25) is 0 Å². The van der Waals surface area contributed by atoms with E-state index in [0.29, 0.717) is 0 Å². The van der Waals surface area contributed by atoms with Crippen LogP contribution in [0.15, 0.2) is 18.2 Å². The van der Waals surface area contributed by atoms with Crippen molar-refractivity contribution in [3.8, 4) is 0 Å². The molecule has 64 valence electrons. The minimum Gasteiger partial charge on any atom is -0.399 e. The lowest BCUT2D eigenvalue weighted by molar-refractivity contribution is 0.163. The molecule has 0 aromatic heterocycles. The number of benzene rings is 1. The normalized spacial score (nSPS) is 27.2. The maximum Gasteiger partial charge on any atom is 0.0646 e. The Bertz CT molecular complexity index is 309. The van der Waals surface area contributed by atoms with Crippen molar-refractivity contribution in [2.75, 3.05) is 5.73 Å². The number of rotatable bonds is 0. The molecule has 0 spiro atoms. The van der Waals surface area contributed by atoms with Crippen LogP contribution in [0.5, 0.6) is 0 Å². The average Bonchev–Trinajstić information content (AvgIpc) is 2.31. The highest BCUT2D eigenvalue weighted by Gasteiger charge is 2.26. The molecule has 0 saturated heterocycles. The molecule has 3 N–H and O–H groups in total. The van der Waals surface area contributed by atoms with E-state index in [1.54, 1.807) is 0 Å². The summed E-state index contributed by atoms with van der Waals surface area (Å²) in [6, 6.07) is 5.87. The first-order valence-electron chi connectivity index (χ1n) is 4.25. The van der Waals surface area contributed by atoms with Crippen LogP contribution in [0, 0.1) is 0 Å². The number of fused-ring (bicyclic) bond motifs is 1. The Morgan fingerprint density at radius 2 is 2.25 bits per heavy atom. The molecule has 2 rings (SSSR count). The first kappa shape index (κ1) is 7.62. The molecule has 0 saturated carbocycles. The van der Waals surface area contributed by atoms with E-state index in [4.69, 9.17) is 5.73 Å². The van der Waals surface area contributed by atoms with E-state index in [0.717, 1.165) is 12.1 Å². The van der Waals surface area contributed by atoms with Crippen molar-refractivity contribution in [3.05, 3.63) is 29.3 Å². The lowest BCUT2D eigenvalue weighted by atomic mass is 10.0. The minimum atomic E-state index is -0.221. The predicted octanol–water partition coefficient (Wildman–Crippen LogP) is 1.29.